The summed E-state index contributed by atoms with van der Waals surface area (Å²) in [4.78, 5) is 14.4. The van der Waals surface area contributed by atoms with Crippen molar-refractivity contribution in [2.45, 2.75) is 18.4 Å². The molecule has 1 aromatic carbocycles. The number of benzene rings is 1. The number of carbonyl (C=O) groups is 1. The Bertz CT molecular complexity index is 493. The van der Waals surface area contributed by atoms with Crippen LogP contribution in [0.1, 0.15) is 12.8 Å². The molecule has 2 rings (SSSR count). The first kappa shape index (κ1) is 20.2. The van der Waals surface area contributed by atoms with Crippen LogP contribution in [0.2, 0.25) is 0 Å². The standard InChI is InChI=1S/C16H23BrN2O3.ClH/c1-19(11-12-22-14-5-3-13(17)4-6-14)15(20)16(21-2)7-9-18-10-8-16;/h3-6,18H,7-12H2,1-2H3;1H. The van der Waals surface area contributed by atoms with Crippen LogP contribution < -0.4 is 10.1 Å². The van der Waals surface area contributed by atoms with E-state index in [1.807, 2.05) is 24.3 Å². The van der Waals surface area contributed by atoms with E-state index >= 15 is 0 Å². The molecule has 5 nitrogen and oxygen atoms in total. The Kier molecular flexibility index (Phi) is 8.33. The van der Waals surface area contributed by atoms with Crippen LogP contribution >= 0.6 is 28.3 Å². The van der Waals surface area contributed by atoms with Gasteiger partial charge in [0.25, 0.3) is 5.91 Å². The Morgan fingerprint density at radius 2 is 1.91 bits per heavy atom. The third-order valence-corrected chi connectivity index (χ3v) is 4.58. The van der Waals surface area contributed by atoms with Crippen molar-refractivity contribution < 1.29 is 14.3 Å². The molecule has 23 heavy (non-hydrogen) atoms. The molecule has 1 heterocycles. The van der Waals surface area contributed by atoms with E-state index in [0.717, 1.165) is 23.3 Å². The molecule has 0 atom stereocenters. The molecule has 0 saturated carbocycles. The van der Waals surface area contributed by atoms with Gasteiger partial charge in [-0.15, -0.1) is 12.4 Å². The zero-order valence-electron chi connectivity index (χ0n) is 13.5. The number of ether oxygens (including phenoxy) is 2. The van der Waals surface area contributed by atoms with Gasteiger partial charge in [0, 0.05) is 18.6 Å². The first-order valence-electron chi connectivity index (χ1n) is 7.47. The number of hydrogen-bond donors (Lipinski definition) is 1. The average Bonchev–Trinajstić information content (AvgIpc) is 2.56. The van der Waals surface area contributed by atoms with Gasteiger partial charge < -0.3 is 19.7 Å². The second-order valence-electron chi connectivity index (χ2n) is 5.48. The lowest BCUT2D eigenvalue weighted by molar-refractivity contribution is -0.157. The van der Waals surface area contributed by atoms with Crippen LogP contribution in [0.4, 0.5) is 0 Å². The van der Waals surface area contributed by atoms with Gasteiger partial charge in [0.05, 0.1) is 6.54 Å². The molecule has 1 N–H and O–H groups in total. The summed E-state index contributed by atoms with van der Waals surface area (Å²) in [7, 11) is 3.42. The molecule has 7 heteroatoms. The molecule has 1 aliphatic rings. The topological polar surface area (TPSA) is 50.8 Å². The Morgan fingerprint density at radius 1 is 1.30 bits per heavy atom. The molecule has 0 aliphatic carbocycles. The summed E-state index contributed by atoms with van der Waals surface area (Å²) in [6, 6.07) is 7.66. The predicted molar refractivity (Wildman–Crippen MR) is 96.4 cm³/mol. The number of likely N-dealkylation sites (N-methyl/N-ethyl adjacent to an activating group) is 1. The summed E-state index contributed by atoms with van der Waals surface area (Å²) in [5.74, 6) is 0.836. The molecule has 0 aromatic heterocycles. The predicted octanol–water partition coefficient (Wildman–Crippen LogP) is 2.48. The van der Waals surface area contributed by atoms with E-state index in [0.29, 0.717) is 26.0 Å². The average molecular weight is 408 g/mol. The van der Waals surface area contributed by atoms with Crippen molar-refractivity contribution in [2.75, 3.05) is 40.4 Å². The highest BCUT2D eigenvalue weighted by atomic mass is 79.9. The van der Waals surface area contributed by atoms with Gasteiger partial charge in [-0.1, -0.05) is 15.9 Å². The van der Waals surface area contributed by atoms with Crippen molar-refractivity contribution in [3.05, 3.63) is 28.7 Å². The van der Waals surface area contributed by atoms with Gasteiger partial charge in [-0.25, -0.2) is 0 Å². The van der Waals surface area contributed by atoms with E-state index in [4.69, 9.17) is 9.47 Å². The number of piperidine rings is 1. The summed E-state index contributed by atoms with van der Waals surface area (Å²) in [6.07, 6.45) is 1.42. The summed E-state index contributed by atoms with van der Waals surface area (Å²) < 4.78 is 12.2. The first-order valence-corrected chi connectivity index (χ1v) is 8.26. The monoisotopic (exact) mass is 406 g/mol. The number of halogens is 2. The number of hydrogen-bond acceptors (Lipinski definition) is 4. The number of methoxy groups -OCH3 is 1. The highest BCUT2D eigenvalue weighted by Gasteiger charge is 2.41. The molecule has 0 bridgehead atoms. The Labute approximate surface area is 152 Å². The lowest BCUT2D eigenvalue weighted by atomic mass is 9.90. The van der Waals surface area contributed by atoms with E-state index < -0.39 is 5.60 Å². The fourth-order valence-electron chi connectivity index (χ4n) is 2.62. The summed E-state index contributed by atoms with van der Waals surface area (Å²) in [6.45, 7) is 2.61. The van der Waals surface area contributed by atoms with E-state index in [1.54, 1.807) is 19.1 Å². The minimum absolute atomic E-state index is 0. The molecule has 1 aliphatic heterocycles. The van der Waals surface area contributed by atoms with E-state index in [-0.39, 0.29) is 18.3 Å². The largest absolute Gasteiger partial charge is 0.492 e. The maximum atomic E-state index is 12.6. The zero-order chi connectivity index (χ0) is 16.0. The SMILES string of the molecule is COC1(C(=O)N(C)CCOc2ccc(Br)cc2)CCNCC1.Cl. The van der Waals surface area contributed by atoms with E-state index in [1.165, 1.54) is 0 Å². The van der Waals surface area contributed by atoms with Crippen molar-refractivity contribution >= 4 is 34.2 Å². The number of carbonyl (C=O) groups excluding carboxylic acids is 1. The fraction of sp³-hybridized carbons (Fsp3) is 0.562. The Hall–Kier alpha value is -0.820. The smallest absolute Gasteiger partial charge is 0.254 e. The van der Waals surface area contributed by atoms with Crippen LogP contribution in [0.5, 0.6) is 5.75 Å². The van der Waals surface area contributed by atoms with Gasteiger partial charge in [0.2, 0.25) is 0 Å². The molecular weight excluding hydrogens is 384 g/mol. The number of amides is 1. The fourth-order valence-corrected chi connectivity index (χ4v) is 2.88. The Morgan fingerprint density at radius 3 is 2.48 bits per heavy atom. The second-order valence-corrected chi connectivity index (χ2v) is 6.39. The van der Waals surface area contributed by atoms with E-state index in [2.05, 4.69) is 21.2 Å². The van der Waals surface area contributed by atoms with Gasteiger partial charge >= 0.3 is 0 Å². The van der Waals surface area contributed by atoms with Crippen molar-refractivity contribution in [1.82, 2.24) is 10.2 Å². The number of nitrogens with zero attached hydrogens (tertiary/aromatic N) is 1. The van der Waals surface area contributed by atoms with Crippen molar-refractivity contribution in [3.63, 3.8) is 0 Å². The van der Waals surface area contributed by atoms with Crippen LogP contribution in [0.15, 0.2) is 28.7 Å². The zero-order valence-corrected chi connectivity index (χ0v) is 15.9. The van der Waals surface area contributed by atoms with E-state index in [9.17, 15) is 4.79 Å². The molecule has 1 saturated heterocycles. The van der Waals surface area contributed by atoms with Crippen LogP contribution in [0.3, 0.4) is 0 Å². The lowest BCUT2D eigenvalue weighted by Gasteiger charge is -2.37. The molecule has 1 aromatic rings. The summed E-state index contributed by atoms with van der Waals surface area (Å²) >= 11 is 3.39. The summed E-state index contributed by atoms with van der Waals surface area (Å²) in [5, 5.41) is 3.26. The van der Waals surface area contributed by atoms with Crippen molar-refractivity contribution in [1.29, 1.82) is 0 Å². The van der Waals surface area contributed by atoms with Crippen LogP contribution in [-0.2, 0) is 9.53 Å². The minimum atomic E-state index is -0.683. The Balaban J connectivity index is 0.00000264. The lowest BCUT2D eigenvalue weighted by Crippen LogP contribution is -2.55. The molecule has 0 radical (unpaired) electrons. The quantitative estimate of drug-likeness (QED) is 0.787. The molecule has 1 amide bonds. The van der Waals surface area contributed by atoms with Crippen LogP contribution in [0, 0.1) is 0 Å². The van der Waals surface area contributed by atoms with Gasteiger partial charge in [-0.2, -0.15) is 0 Å². The van der Waals surface area contributed by atoms with Crippen LogP contribution in [-0.4, -0.2) is 56.8 Å². The maximum absolute atomic E-state index is 12.6. The minimum Gasteiger partial charge on any atom is -0.492 e. The first-order chi connectivity index (χ1) is 10.6. The van der Waals surface area contributed by atoms with Crippen LogP contribution in [0.25, 0.3) is 0 Å². The normalized spacial score (nSPS) is 16.3. The molecule has 0 unspecified atom stereocenters. The molecule has 1 fully saturated rings. The molecule has 0 spiro atoms. The summed E-state index contributed by atoms with van der Waals surface area (Å²) in [5.41, 5.74) is -0.683. The second kappa shape index (κ2) is 9.47. The highest BCUT2D eigenvalue weighted by Crippen LogP contribution is 2.24. The molecular formula is C16H24BrClN2O3. The third kappa shape index (κ3) is 5.35. The number of nitrogens with one attached hydrogen (secondary N) is 1. The maximum Gasteiger partial charge on any atom is 0.254 e. The van der Waals surface area contributed by atoms with Gasteiger partial charge in [-0.3, -0.25) is 4.79 Å². The number of rotatable bonds is 6. The van der Waals surface area contributed by atoms with Crippen molar-refractivity contribution in [3.8, 4) is 5.75 Å². The van der Waals surface area contributed by atoms with Gasteiger partial charge in [0.1, 0.15) is 18.0 Å². The third-order valence-electron chi connectivity index (χ3n) is 4.05. The highest BCUT2D eigenvalue weighted by molar-refractivity contribution is 9.10. The van der Waals surface area contributed by atoms with Gasteiger partial charge in [-0.05, 0) is 50.2 Å². The molecule has 130 valence electrons. The van der Waals surface area contributed by atoms with Gasteiger partial charge in [0.15, 0.2) is 0 Å². The van der Waals surface area contributed by atoms with Crippen molar-refractivity contribution in [2.24, 2.45) is 0 Å².